The summed E-state index contributed by atoms with van der Waals surface area (Å²) in [5.74, 6) is -1.27. The first-order valence-corrected chi connectivity index (χ1v) is 8.81. The summed E-state index contributed by atoms with van der Waals surface area (Å²) in [6.07, 6.45) is 12.6. The minimum Gasteiger partial charge on any atom is -0.476 e. The molecule has 0 amide bonds. The molecule has 0 fully saturated rings. The first-order chi connectivity index (χ1) is 11.7. The van der Waals surface area contributed by atoms with Crippen molar-refractivity contribution in [2.24, 2.45) is 5.16 Å². The molecule has 8 heteroatoms. The SMILES string of the molecule is CCCCCCCCCCCCn1nnc(C(=NOC)C(=O)O)n1. The Hall–Kier alpha value is -1.99. The monoisotopic (exact) mass is 339 g/mol. The van der Waals surface area contributed by atoms with Crippen molar-refractivity contribution in [2.75, 3.05) is 7.11 Å². The molecule has 0 aliphatic rings. The van der Waals surface area contributed by atoms with Crippen molar-refractivity contribution in [3.63, 3.8) is 0 Å². The van der Waals surface area contributed by atoms with E-state index in [1.165, 1.54) is 63.3 Å². The first kappa shape index (κ1) is 20.1. The second-order valence-corrected chi connectivity index (χ2v) is 5.82. The van der Waals surface area contributed by atoms with Crippen LogP contribution in [0.4, 0.5) is 0 Å². The van der Waals surface area contributed by atoms with Crippen LogP contribution in [0, 0.1) is 0 Å². The molecular formula is C16H29N5O3. The molecule has 0 spiro atoms. The van der Waals surface area contributed by atoms with Crippen LogP contribution in [0.5, 0.6) is 0 Å². The molecule has 24 heavy (non-hydrogen) atoms. The average Bonchev–Trinajstić information content (AvgIpc) is 3.02. The third kappa shape index (κ3) is 8.03. The lowest BCUT2D eigenvalue weighted by molar-refractivity contribution is -0.129. The number of tetrazole rings is 1. The molecular weight excluding hydrogens is 310 g/mol. The van der Waals surface area contributed by atoms with Crippen LogP contribution in [0.25, 0.3) is 0 Å². The summed E-state index contributed by atoms with van der Waals surface area (Å²) in [5, 5.41) is 24.0. The zero-order chi connectivity index (χ0) is 17.6. The van der Waals surface area contributed by atoms with Gasteiger partial charge < -0.3 is 9.94 Å². The number of aliphatic carboxylic acids is 1. The zero-order valence-corrected chi connectivity index (χ0v) is 14.8. The Balaban J connectivity index is 2.16. The summed E-state index contributed by atoms with van der Waals surface area (Å²) in [6, 6.07) is 0. The fourth-order valence-corrected chi connectivity index (χ4v) is 2.44. The highest BCUT2D eigenvalue weighted by atomic mass is 16.6. The quantitative estimate of drug-likeness (QED) is 0.317. The largest absolute Gasteiger partial charge is 0.476 e. The van der Waals surface area contributed by atoms with E-state index >= 15 is 0 Å². The molecule has 1 aromatic rings. The number of hydrogen-bond donors (Lipinski definition) is 1. The van der Waals surface area contributed by atoms with Crippen LogP contribution in [-0.4, -0.2) is 44.1 Å². The number of rotatable bonds is 14. The maximum atomic E-state index is 11.0. The van der Waals surface area contributed by atoms with Crippen LogP contribution < -0.4 is 0 Å². The van der Waals surface area contributed by atoms with Crippen molar-refractivity contribution >= 4 is 11.7 Å². The van der Waals surface area contributed by atoms with E-state index in [1.807, 2.05) is 0 Å². The number of nitrogens with zero attached hydrogens (tertiary/aromatic N) is 5. The fraction of sp³-hybridized carbons (Fsp3) is 0.812. The van der Waals surface area contributed by atoms with Gasteiger partial charge in [-0.3, -0.25) is 0 Å². The highest BCUT2D eigenvalue weighted by Crippen LogP contribution is 2.10. The van der Waals surface area contributed by atoms with Crippen LogP contribution in [0.15, 0.2) is 5.16 Å². The molecule has 1 heterocycles. The second-order valence-electron chi connectivity index (χ2n) is 5.82. The number of aryl methyl sites for hydroxylation is 1. The molecule has 0 aromatic carbocycles. The Labute approximate surface area is 143 Å². The third-order valence-corrected chi connectivity index (χ3v) is 3.76. The number of hydrogen-bond acceptors (Lipinski definition) is 6. The molecule has 1 aromatic heterocycles. The molecule has 136 valence electrons. The van der Waals surface area contributed by atoms with Crippen molar-refractivity contribution in [2.45, 2.75) is 77.7 Å². The van der Waals surface area contributed by atoms with Crippen LogP contribution >= 0.6 is 0 Å². The Kier molecular flexibility index (Phi) is 10.4. The smallest absolute Gasteiger partial charge is 0.362 e. The maximum Gasteiger partial charge on any atom is 0.362 e. The lowest BCUT2D eigenvalue weighted by Crippen LogP contribution is -2.17. The molecule has 0 unspecified atom stereocenters. The first-order valence-electron chi connectivity index (χ1n) is 8.81. The topological polar surface area (TPSA) is 102 Å². The summed E-state index contributed by atoms with van der Waals surface area (Å²) in [6.45, 7) is 2.86. The van der Waals surface area contributed by atoms with E-state index in [0.29, 0.717) is 6.54 Å². The molecule has 0 saturated carbocycles. The molecule has 0 radical (unpaired) electrons. The van der Waals surface area contributed by atoms with Gasteiger partial charge in [-0.15, -0.1) is 10.2 Å². The summed E-state index contributed by atoms with van der Waals surface area (Å²) < 4.78 is 0. The lowest BCUT2D eigenvalue weighted by Gasteiger charge is -2.02. The summed E-state index contributed by atoms with van der Waals surface area (Å²) in [5.41, 5.74) is -0.341. The average molecular weight is 339 g/mol. The highest BCUT2D eigenvalue weighted by molar-refractivity contribution is 6.41. The highest BCUT2D eigenvalue weighted by Gasteiger charge is 2.19. The van der Waals surface area contributed by atoms with Gasteiger partial charge in [0.1, 0.15) is 7.11 Å². The third-order valence-electron chi connectivity index (χ3n) is 3.76. The minimum absolute atomic E-state index is 0.0311. The molecule has 8 nitrogen and oxygen atoms in total. The van der Waals surface area contributed by atoms with E-state index in [1.54, 1.807) is 0 Å². The van der Waals surface area contributed by atoms with Crippen molar-refractivity contribution < 1.29 is 14.7 Å². The zero-order valence-electron chi connectivity index (χ0n) is 14.8. The Morgan fingerprint density at radius 2 is 1.67 bits per heavy atom. The summed E-state index contributed by atoms with van der Waals surface area (Å²) in [7, 11) is 1.27. The Morgan fingerprint density at radius 3 is 2.21 bits per heavy atom. The molecule has 1 rings (SSSR count). The number of carbonyl (C=O) groups is 1. The van der Waals surface area contributed by atoms with Gasteiger partial charge in [-0.05, 0) is 11.6 Å². The molecule has 0 saturated heterocycles. The Morgan fingerprint density at radius 1 is 1.08 bits per heavy atom. The van der Waals surface area contributed by atoms with Gasteiger partial charge in [-0.25, -0.2) is 4.79 Å². The van der Waals surface area contributed by atoms with E-state index in [-0.39, 0.29) is 11.5 Å². The van der Waals surface area contributed by atoms with Crippen LogP contribution in [0.1, 0.15) is 77.0 Å². The summed E-state index contributed by atoms with van der Waals surface area (Å²) in [4.78, 5) is 16.9. The molecule has 0 bridgehead atoms. The van der Waals surface area contributed by atoms with Crippen LogP contribution in [0.3, 0.4) is 0 Å². The Bertz CT molecular complexity index is 502. The second kappa shape index (κ2) is 12.4. The lowest BCUT2D eigenvalue weighted by atomic mass is 10.1. The maximum absolute atomic E-state index is 11.0. The van der Waals surface area contributed by atoms with E-state index in [0.717, 1.165) is 12.8 Å². The van der Waals surface area contributed by atoms with Gasteiger partial charge >= 0.3 is 5.97 Å². The predicted octanol–water partition coefficient (Wildman–Crippen LogP) is 3.03. The molecule has 0 aliphatic heterocycles. The standard InChI is InChI=1S/C16H29N5O3/c1-3-4-5-6-7-8-9-10-11-12-13-21-18-15(17-20-21)14(16(22)23)19-24-2/h3-13H2,1-2H3,(H,22,23). The fourth-order valence-electron chi connectivity index (χ4n) is 2.44. The van der Waals surface area contributed by atoms with Gasteiger partial charge in [-0.2, -0.15) is 4.80 Å². The van der Waals surface area contributed by atoms with Gasteiger partial charge in [0, 0.05) is 0 Å². The van der Waals surface area contributed by atoms with E-state index in [2.05, 4.69) is 32.3 Å². The number of unbranched alkanes of at least 4 members (excludes halogenated alkanes) is 9. The minimum atomic E-state index is -1.24. The number of carboxylic acids is 1. The van der Waals surface area contributed by atoms with Crippen molar-refractivity contribution in [1.29, 1.82) is 0 Å². The van der Waals surface area contributed by atoms with Gasteiger partial charge in [-0.1, -0.05) is 69.9 Å². The van der Waals surface area contributed by atoms with Crippen molar-refractivity contribution in [3.8, 4) is 0 Å². The van der Waals surface area contributed by atoms with Crippen LogP contribution in [-0.2, 0) is 16.2 Å². The van der Waals surface area contributed by atoms with E-state index in [4.69, 9.17) is 5.11 Å². The normalized spacial score (nSPS) is 11.7. The molecule has 0 atom stereocenters. The van der Waals surface area contributed by atoms with E-state index in [9.17, 15) is 4.79 Å². The molecule has 1 N–H and O–H groups in total. The van der Waals surface area contributed by atoms with E-state index < -0.39 is 5.97 Å². The summed E-state index contributed by atoms with van der Waals surface area (Å²) >= 11 is 0. The van der Waals surface area contributed by atoms with Gasteiger partial charge in [0.2, 0.25) is 11.5 Å². The van der Waals surface area contributed by atoms with Crippen LogP contribution in [0.2, 0.25) is 0 Å². The number of carboxylic acid groups (broad SMARTS) is 1. The molecule has 0 aliphatic carbocycles. The predicted molar refractivity (Wildman–Crippen MR) is 90.8 cm³/mol. The van der Waals surface area contributed by atoms with Crippen molar-refractivity contribution in [1.82, 2.24) is 20.2 Å². The number of oxime groups is 1. The number of aromatic nitrogens is 4. The van der Waals surface area contributed by atoms with Gasteiger partial charge in [0.25, 0.3) is 0 Å². The van der Waals surface area contributed by atoms with Gasteiger partial charge in [0.05, 0.1) is 6.54 Å². The van der Waals surface area contributed by atoms with Gasteiger partial charge in [0.15, 0.2) is 0 Å². The van der Waals surface area contributed by atoms with Crippen molar-refractivity contribution in [3.05, 3.63) is 5.82 Å².